The average molecular weight is 334 g/mol. The Morgan fingerprint density at radius 1 is 1.38 bits per heavy atom. The second kappa shape index (κ2) is 5.10. The zero-order valence-electron chi connectivity index (χ0n) is 13.5. The monoisotopic (exact) mass is 334 g/mol. The first-order chi connectivity index (χ1) is 11.5. The van der Waals surface area contributed by atoms with Gasteiger partial charge in [0.1, 0.15) is 24.0 Å². The van der Waals surface area contributed by atoms with E-state index >= 15 is 0 Å². The molecule has 0 radical (unpaired) electrons. The van der Waals surface area contributed by atoms with Gasteiger partial charge < -0.3 is 24.8 Å². The molecule has 0 aliphatic carbocycles. The number of hydrogen-bond acceptors (Lipinski definition) is 8. The van der Waals surface area contributed by atoms with Crippen LogP contribution in [0.4, 0.5) is 5.82 Å². The van der Waals surface area contributed by atoms with Gasteiger partial charge in [-0.05, 0) is 0 Å². The third-order valence-corrected chi connectivity index (χ3v) is 4.80. The van der Waals surface area contributed by atoms with Crippen LogP contribution in [0.25, 0.3) is 11.2 Å². The van der Waals surface area contributed by atoms with E-state index in [0.717, 1.165) is 0 Å². The van der Waals surface area contributed by atoms with Gasteiger partial charge in [-0.15, -0.1) is 0 Å². The number of likely N-dealkylation sites (N-methyl/N-ethyl adjacent to an activating group) is 1. The Morgan fingerprint density at radius 3 is 2.88 bits per heavy atom. The topological polar surface area (TPSA) is 118 Å². The molecule has 2 aromatic heterocycles. The average Bonchev–Trinajstić information content (AvgIpc) is 3.18. The number of morpholine rings is 1. The number of imidazole rings is 1. The summed E-state index contributed by atoms with van der Waals surface area (Å²) < 4.78 is 18.7. The second-order valence-electron chi connectivity index (χ2n) is 5.98. The number of rotatable bonds is 4. The molecule has 2 aliphatic heterocycles. The largest absolute Gasteiger partial charge is 0.382 e. The Morgan fingerprint density at radius 2 is 2.17 bits per heavy atom. The number of carbonyl (C=O) groups is 1. The second-order valence-corrected chi connectivity index (χ2v) is 5.98. The van der Waals surface area contributed by atoms with Crippen LogP contribution in [0.5, 0.6) is 0 Å². The van der Waals surface area contributed by atoms with Crippen LogP contribution in [-0.2, 0) is 19.0 Å². The molecule has 24 heavy (non-hydrogen) atoms. The number of nitrogen functional groups attached to an aromatic ring is 1. The van der Waals surface area contributed by atoms with Crippen LogP contribution in [-0.4, -0.2) is 75.9 Å². The Labute approximate surface area is 137 Å². The van der Waals surface area contributed by atoms with Gasteiger partial charge in [0.15, 0.2) is 23.3 Å². The van der Waals surface area contributed by atoms with Crippen molar-refractivity contribution < 1.29 is 19.0 Å². The number of nitrogens with two attached hydrogens (primary N) is 1. The summed E-state index contributed by atoms with van der Waals surface area (Å²) >= 11 is 0. The van der Waals surface area contributed by atoms with E-state index in [2.05, 4.69) is 15.0 Å². The molecule has 4 rings (SSSR count). The van der Waals surface area contributed by atoms with Gasteiger partial charge in [0.2, 0.25) is 0 Å². The lowest BCUT2D eigenvalue weighted by molar-refractivity contribution is -0.184. The Hall–Kier alpha value is -2.30. The normalized spacial score (nSPS) is 32.2. The lowest BCUT2D eigenvalue weighted by atomic mass is 9.99. The molecule has 0 spiro atoms. The lowest BCUT2D eigenvalue weighted by Gasteiger charge is -2.34. The van der Waals surface area contributed by atoms with Crippen molar-refractivity contribution in [3.8, 4) is 0 Å². The first kappa shape index (κ1) is 15.2. The van der Waals surface area contributed by atoms with Crippen molar-refractivity contribution in [2.75, 3.05) is 33.6 Å². The number of hydrogen-bond donors (Lipinski definition) is 1. The van der Waals surface area contributed by atoms with Gasteiger partial charge in [-0.1, -0.05) is 0 Å². The predicted octanol–water partition coefficient (Wildman–Crippen LogP) is -0.822. The molecule has 2 bridgehead atoms. The summed E-state index contributed by atoms with van der Waals surface area (Å²) in [5.41, 5.74) is 5.70. The van der Waals surface area contributed by atoms with Gasteiger partial charge in [-0.25, -0.2) is 15.0 Å². The lowest BCUT2D eigenvalue weighted by Crippen LogP contribution is -2.52. The summed E-state index contributed by atoms with van der Waals surface area (Å²) in [5, 5.41) is 0. The summed E-state index contributed by atoms with van der Waals surface area (Å²) in [5.74, 6) is 0.136. The highest BCUT2D eigenvalue weighted by Gasteiger charge is 2.69. The van der Waals surface area contributed by atoms with Gasteiger partial charge in [-0.2, -0.15) is 0 Å². The van der Waals surface area contributed by atoms with Gasteiger partial charge in [0.25, 0.3) is 5.91 Å². The number of nitrogens with zero attached hydrogens (tertiary/aromatic N) is 5. The van der Waals surface area contributed by atoms with Crippen LogP contribution < -0.4 is 5.73 Å². The van der Waals surface area contributed by atoms with Crippen molar-refractivity contribution in [3.63, 3.8) is 0 Å². The molecule has 2 unspecified atom stereocenters. The van der Waals surface area contributed by atoms with Gasteiger partial charge in [0.05, 0.1) is 12.9 Å². The fraction of sp³-hybridized carbons (Fsp3) is 0.571. The minimum absolute atomic E-state index is 0.103. The molecule has 4 heterocycles. The Kier molecular flexibility index (Phi) is 3.24. The number of fused-ring (bicyclic) bond motifs is 3. The van der Waals surface area contributed by atoms with Crippen LogP contribution in [0, 0.1) is 0 Å². The van der Waals surface area contributed by atoms with E-state index in [1.54, 1.807) is 30.0 Å². The van der Waals surface area contributed by atoms with Crippen molar-refractivity contribution in [1.29, 1.82) is 0 Å². The zero-order chi connectivity index (χ0) is 17.1. The molecule has 2 aliphatic rings. The number of aromatic nitrogens is 4. The van der Waals surface area contributed by atoms with E-state index in [0.29, 0.717) is 17.0 Å². The maximum atomic E-state index is 12.7. The minimum Gasteiger partial charge on any atom is -0.382 e. The molecule has 2 saturated heterocycles. The number of amides is 1. The maximum absolute atomic E-state index is 12.7. The molecule has 10 nitrogen and oxygen atoms in total. The van der Waals surface area contributed by atoms with Crippen LogP contribution in [0.3, 0.4) is 0 Å². The molecule has 1 amide bonds. The summed E-state index contributed by atoms with van der Waals surface area (Å²) in [6.07, 6.45) is 1.99. The minimum atomic E-state index is -1.18. The van der Waals surface area contributed by atoms with Crippen LogP contribution in [0.2, 0.25) is 0 Å². The highest BCUT2D eigenvalue weighted by molar-refractivity contribution is 5.90. The van der Waals surface area contributed by atoms with Gasteiger partial charge >= 0.3 is 0 Å². The highest BCUT2D eigenvalue weighted by atomic mass is 16.6. The summed E-state index contributed by atoms with van der Waals surface area (Å²) in [4.78, 5) is 26.7. The first-order valence-electron chi connectivity index (χ1n) is 7.45. The molecular formula is C14H18N6O4. The summed E-state index contributed by atoms with van der Waals surface area (Å²) in [6, 6.07) is -0.328. The van der Waals surface area contributed by atoms with E-state index in [1.165, 1.54) is 13.4 Å². The fourth-order valence-corrected chi connectivity index (χ4v) is 3.78. The van der Waals surface area contributed by atoms with Crippen molar-refractivity contribution in [3.05, 3.63) is 12.7 Å². The third kappa shape index (κ3) is 1.70. The SMILES string of the molecule is COC[C@@]12O[C@@H](n3cnc4c(N)ncnc43)C(C1OC)N(C)C2=O. The van der Waals surface area contributed by atoms with E-state index < -0.39 is 17.9 Å². The molecule has 0 saturated carbocycles. The van der Waals surface area contributed by atoms with Gasteiger partial charge in [-0.3, -0.25) is 9.36 Å². The molecule has 2 aromatic rings. The van der Waals surface area contributed by atoms with E-state index in [-0.39, 0.29) is 18.6 Å². The summed E-state index contributed by atoms with van der Waals surface area (Å²) in [7, 11) is 4.82. The number of ether oxygens (including phenoxy) is 3. The van der Waals surface area contributed by atoms with Crippen LogP contribution in [0.15, 0.2) is 12.7 Å². The molecule has 10 heteroatoms. The maximum Gasteiger partial charge on any atom is 0.260 e. The third-order valence-electron chi connectivity index (χ3n) is 4.80. The molecular weight excluding hydrogens is 316 g/mol. The fourth-order valence-electron chi connectivity index (χ4n) is 3.78. The van der Waals surface area contributed by atoms with Crippen molar-refractivity contribution in [2.24, 2.45) is 0 Å². The highest BCUT2D eigenvalue weighted by Crippen LogP contribution is 2.48. The quantitative estimate of drug-likeness (QED) is 0.770. The van der Waals surface area contributed by atoms with E-state index in [4.69, 9.17) is 19.9 Å². The predicted molar refractivity (Wildman–Crippen MR) is 81.8 cm³/mol. The molecule has 0 aromatic carbocycles. The van der Waals surface area contributed by atoms with Crippen molar-refractivity contribution >= 4 is 22.9 Å². The smallest absolute Gasteiger partial charge is 0.260 e. The van der Waals surface area contributed by atoms with E-state index in [1.807, 2.05) is 0 Å². The number of methoxy groups -OCH3 is 2. The number of carbonyl (C=O) groups excluding carboxylic acids is 1. The Balaban J connectivity index is 1.83. The Bertz CT molecular complexity index is 810. The van der Waals surface area contributed by atoms with E-state index in [9.17, 15) is 4.79 Å². The summed E-state index contributed by atoms with van der Waals surface area (Å²) in [6.45, 7) is 0.103. The first-order valence-corrected chi connectivity index (χ1v) is 7.45. The number of anilines is 1. The number of likely N-dealkylation sites (tertiary alicyclic amines) is 1. The van der Waals surface area contributed by atoms with Crippen molar-refractivity contribution in [1.82, 2.24) is 24.4 Å². The molecule has 2 fully saturated rings. The van der Waals surface area contributed by atoms with Crippen LogP contribution in [0.1, 0.15) is 6.23 Å². The van der Waals surface area contributed by atoms with Gasteiger partial charge in [0, 0.05) is 21.3 Å². The zero-order valence-corrected chi connectivity index (χ0v) is 13.5. The molecule has 128 valence electrons. The molecule has 2 N–H and O–H groups in total. The van der Waals surface area contributed by atoms with Crippen molar-refractivity contribution in [2.45, 2.75) is 24.0 Å². The molecule has 4 atom stereocenters. The van der Waals surface area contributed by atoms with Crippen LogP contribution >= 0.6 is 0 Å². The standard InChI is InChI=1S/C14H18N6O4/c1-19-8-9(23-3)14(4-22-2,13(19)21)24-12(8)20-6-18-7-10(15)16-5-17-11(7)20/h5-6,8-9,12H,4H2,1-3H3,(H2,15,16,17)/t8?,9?,12-,14-/m1/s1.